The maximum absolute atomic E-state index is 12.5. The van der Waals surface area contributed by atoms with Gasteiger partial charge in [0.1, 0.15) is 17.4 Å². The van der Waals surface area contributed by atoms with Crippen LogP contribution in [-0.4, -0.2) is 36.7 Å². The lowest BCUT2D eigenvalue weighted by Crippen LogP contribution is -2.47. The zero-order valence-corrected chi connectivity index (χ0v) is 15.1. The monoisotopic (exact) mass is 351 g/mol. The van der Waals surface area contributed by atoms with Crippen molar-refractivity contribution in [2.45, 2.75) is 45.8 Å². The zero-order valence-electron chi connectivity index (χ0n) is 15.1. The zero-order chi connectivity index (χ0) is 19.2. The molecular weight excluding hydrogens is 326 g/mol. The molecule has 0 heterocycles. The van der Waals surface area contributed by atoms with E-state index in [1.165, 1.54) is 7.11 Å². The van der Waals surface area contributed by atoms with Crippen molar-refractivity contribution in [2.75, 3.05) is 12.4 Å². The summed E-state index contributed by atoms with van der Waals surface area (Å²) in [4.78, 5) is 35.6. The molecule has 0 bridgehead atoms. The number of anilines is 1. The Morgan fingerprint density at radius 3 is 2.40 bits per heavy atom. The molecule has 0 fully saturated rings. The summed E-state index contributed by atoms with van der Waals surface area (Å²) in [5.41, 5.74) is 5.76. The van der Waals surface area contributed by atoms with Gasteiger partial charge in [0.25, 0.3) is 0 Å². The third-order valence-electron chi connectivity index (χ3n) is 3.03. The van der Waals surface area contributed by atoms with E-state index >= 15 is 0 Å². The molecule has 25 heavy (non-hydrogen) atoms. The van der Waals surface area contributed by atoms with Crippen molar-refractivity contribution in [3.8, 4) is 5.75 Å². The first-order valence-corrected chi connectivity index (χ1v) is 7.75. The molecule has 0 aliphatic heterocycles. The van der Waals surface area contributed by atoms with Gasteiger partial charge in [-0.3, -0.25) is 9.59 Å². The number of rotatable bonds is 6. The van der Waals surface area contributed by atoms with Crippen molar-refractivity contribution in [1.29, 1.82) is 0 Å². The summed E-state index contributed by atoms with van der Waals surface area (Å²) in [6.07, 6.45) is -1.18. The van der Waals surface area contributed by atoms with Crippen LogP contribution in [0.3, 0.4) is 0 Å². The normalized spacial score (nSPS) is 12.0. The number of alkyl carbamates (subject to hydrolysis) is 1. The van der Waals surface area contributed by atoms with Crippen molar-refractivity contribution in [1.82, 2.24) is 5.32 Å². The molecule has 1 rings (SSSR count). The van der Waals surface area contributed by atoms with Gasteiger partial charge < -0.3 is 25.8 Å². The SMILES string of the molecule is COc1ccc(C)cc1NC(=O)[C@H](CC(N)=O)NC(=O)OC(C)(C)C. The summed E-state index contributed by atoms with van der Waals surface area (Å²) in [5, 5.41) is 5.00. The second kappa shape index (κ2) is 8.36. The van der Waals surface area contributed by atoms with Crippen LogP contribution in [-0.2, 0) is 14.3 Å². The maximum atomic E-state index is 12.5. The minimum Gasteiger partial charge on any atom is -0.495 e. The number of ether oxygens (including phenoxy) is 2. The molecule has 0 radical (unpaired) electrons. The second-order valence-corrected chi connectivity index (χ2v) is 6.56. The average Bonchev–Trinajstić information content (AvgIpc) is 2.44. The number of nitrogens with two attached hydrogens (primary N) is 1. The number of benzene rings is 1. The van der Waals surface area contributed by atoms with E-state index in [0.29, 0.717) is 11.4 Å². The van der Waals surface area contributed by atoms with Crippen molar-refractivity contribution >= 4 is 23.6 Å². The van der Waals surface area contributed by atoms with E-state index in [1.807, 2.05) is 13.0 Å². The molecule has 8 heteroatoms. The molecule has 0 saturated carbocycles. The Hall–Kier alpha value is -2.77. The van der Waals surface area contributed by atoms with E-state index in [0.717, 1.165) is 5.56 Å². The molecule has 0 aliphatic carbocycles. The third kappa shape index (κ3) is 7.11. The van der Waals surface area contributed by atoms with E-state index in [1.54, 1.807) is 32.9 Å². The third-order valence-corrected chi connectivity index (χ3v) is 3.03. The summed E-state index contributed by atoms with van der Waals surface area (Å²) >= 11 is 0. The van der Waals surface area contributed by atoms with Gasteiger partial charge in [0.2, 0.25) is 11.8 Å². The minimum atomic E-state index is -1.17. The number of nitrogens with one attached hydrogen (secondary N) is 2. The molecule has 0 aliphatic rings. The van der Waals surface area contributed by atoms with Gasteiger partial charge in [-0.15, -0.1) is 0 Å². The minimum absolute atomic E-state index is 0.362. The van der Waals surface area contributed by atoms with Crippen LogP contribution in [0.2, 0.25) is 0 Å². The molecule has 0 saturated heterocycles. The Labute approximate surface area is 147 Å². The lowest BCUT2D eigenvalue weighted by Gasteiger charge is -2.23. The fraction of sp³-hybridized carbons (Fsp3) is 0.471. The van der Waals surface area contributed by atoms with Crippen LogP contribution in [0.25, 0.3) is 0 Å². The lowest BCUT2D eigenvalue weighted by molar-refractivity contribution is -0.124. The summed E-state index contributed by atoms with van der Waals surface area (Å²) < 4.78 is 10.3. The van der Waals surface area contributed by atoms with Crippen molar-refractivity contribution in [3.05, 3.63) is 23.8 Å². The van der Waals surface area contributed by atoms with Crippen LogP contribution in [0.5, 0.6) is 5.75 Å². The fourth-order valence-corrected chi connectivity index (χ4v) is 2.00. The van der Waals surface area contributed by atoms with E-state index in [4.69, 9.17) is 15.2 Å². The largest absolute Gasteiger partial charge is 0.495 e. The number of amides is 3. The lowest BCUT2D eigenvalue weighted by atomic mass is 10.1. The Balaban J connectivity index is 2.92. The van der Waals surface area contributed by atoms with E-state index in [2.05, 4.69) is 10.6 Å². The summed E-state index contributed by atoms with van der Waals surface area (Å²) in [7, 11) is 1.47. The molecule has 0 unspecified atom stereocenters. The summed E-state index contributed by atoms with van der Waals surface area (Å²) in [5.74, 6) is -0.880. The maximum Gasteiger partial charge on any atom is 0.408 e. The Bertz CT molecular complexity index is 652. The topological polar surface area (TPSA) is 120 Å². The molecule has 8 nitrogen and oxygen atoms in total. The highest BCUT2D eigenvalue weighted by atomic mass is 16.6. The van der Waals surface area contributed by atoms with Crippen LogP contribution in [0.1, 0.15) is 32.8 Å². The van der Waals surface area contributed by atoms with E-state index < -0.39 is 29.6 Å². The molecular formula is C17H25N3O5. The molecule has 138 valence electrons. The summed E-state index contributed by atoms with van der Waals surface area (Å²) in [6.45, 7) is 6.92. The number of carbonyl (C=O) groups is 3. The van der Waals surface area contributed by atoms with Gasteiger partial charge in [-0.05, 0) is 45.4 Å². The standard InChI is InChI=1S/C17H25N3O5/c1-10-6-7-13(24-5)11(8-10)19-15(22)12(9-14(18)21)20-16(23)25-17(2,3)4/h6-8,12H,9H2,1-5H3,(H2,18,21)(H,19,22)(H,20,23)/t12-/m0/s1. The average molecular weight is 351 g/mol. The summed E-state index contributed by atoms with van der Waals surface area (Å²) in [6, 6.07) is 4.08. The van der Waals surface area contributed by atoms with E-state index in [9.17, 15) is 14.4 Å². The highest BCUT2D eigenvalue weighted by Gasteiger charge is 2.26. The van der Waals surface area contributed by atoms with Crippen molar-refractivity contribution < 1.29 is 23.9 Å². The smallest absolute Gasteiger partial charge is 0.408 e. The first kappa shape index (κ1) is 20.3. The number of primary amides is 1. The van der Waals surface area contributed by atoms with Gasteiger partial charge in [-0.2, -0.15) is 0 Å². The first-order chi connectivity index (χ1) is 11.5. The van der Waals surface area contributed by atoms with Crippen molar-refractivity contribution in [3.63, 3.8) is 0 Å². The number of hydrogen-bond acceptors (Lipinski definition) is 5. The van der Waals surface area contributed by atoms with Crippen LogP contribution < -0.4 is 21.1 Å². The number of methoxy groups -OCH3 is 1. The quantitative estimate of drug-likeness (QED) is 0.721. The van der Waals surface area contributed by atoms with Crippen LogP contribution >= 0.6 is 0 Å². The fourth-order valence-electron chi connectivity index (χ4n) is 2.00. The van der Waals surface area contributed by atoms with Gasteiger partial charge in [0, 0.05) is 0 Å². The number of hydrogen-bond donors (Lipinski definition) is 3. The van der Waals surface area contributed by atoms with Gasteiger partial charge in [0.05, 0.1) is 19.2 Å². The van der Waals surface area contributed by atoms with Crippen LogP contribution in [0, 0.1) is 6.92 Å². The molecule has 0 aromatic heterocycles. The second-order valence-electron chi connectivity index (χ2n) is 6.56. The van der Waals surface area contributed by atoms with Gasteiger partial charge in [0.15, 0.2) is 0 Å². The predicted molar refractivity (Wildman–Crippen MR) is 93.3 cm³/mol. The van der Waals surface area contributed by atoms with E-state index in [-0.39, 0.29) is 6.42 Å². The molecule has 0 spiro atoms. The molecule has 1 atom stereocenters. The Kier molecular flexibility index (Phi) is 6.78. The van der Waals surface area contributed by atoms with Crippen LogP contribution in [0.15, 0.2) is 18.2 Å². The van der Waals surface area contributed by atoms with Crippen LogP contribution in [0.4, 0.5) is 10.5 Å². The number of carbonyl (C=O) groups excluding carboxylic acids is 3. The Morgan fingerprint density at radius 2 is 1.88 bits per heavy atom. The predicted octanol–water partition coefficient (Wildman–Crippen LogP) is 1.71. The molecule has 3 amide bonds. The Morgan fingerprint density at radius 1 is 1.24 bits per heavy atom. The first-order valence-electron chi connectivity index (χ1n) is 7.75. The highest BCUT2D eigenvalue weighted by Crippen LogP contribution is 2.25. The van der Waals surface area contributed by atoms with Gasteiger partial charge in [-0.1, -0.05) is 6.07 Å². The van der Waals surface area contributed by atoms with Gasteiger partial charge >= 0.3 is 6.09 Å². The molecule has 1 aromatic rings. The highest BCUT2D eigenvalue weighted by molar-refractivity contribution is 6.00. The number of aryl methyl sites for hydroxylation is 1. The molecule has 4 N–H and O–H groups in total. The van der Waals surface area contributed by atoms with Crippen molar-refractivity contribution in [2.24, 2.45) is 5.73 Å². The van der Waals surface area contributed by atoms with Gasteiger partial charge in [-0.25, -0.2) is 4.79 Å². The molecule has 1 aromatic carbocycles.